The molecule has 27 heavy (non-hydrogen) atoms. The summed E-state index contributed by atoms with van der Waals surface area (Å²) in [4.78, 5) is 19.4. The lowest BCUT2D eigenvalue weighted by Gasteiger charge is -2.33. The lowest BCUT2D eigenvalue weighted by atomic mass is 9.95. The lowest BCUT2D eigenvalue weighted by molar-refractivity contribution is -0.120. The van der Waals surface area contributed by atoms with Gasteiger partial charge in [-0.1, -0.05) is 23.8 Å². The summed E-state index contributed by atoms with van der Waals surface area (Å²) < 4.78 is 0. The molecule has 4 rings (SSSR count). The van der Waals surface area contributed by atoms with Crippen molar-refractivity contribution in [2.45, 2.75) is 19.8 Å². The van der Waals surface area contributed by atoms with Crippen LogP contribution in [0.3, 0.4) is 0 Å². The molecule has 138 valence electrons. The van der Waals surface area contributed by atoms with Crippen LogP contribution in [0.2, 0.25) is 0 Å². The fourth-order valence-corrected chi connectivity index (χ4v) is 3.72. The number of fused-ring (bicyclic) bond motifs is 1. The second kappa shape index (κ2) is 7.27. The number of pyridine rings is 1. The third-order valence-corrected chi connectivity index (χ3v) is 5.24. The number of hydrogen-bond acceptors (Lipinski definition) is 4. The fourth-order valence-electron chi connectivity index (χ4n) is 3.72. The molecule has 2 N–H and O–H groups in total. The molecule has 0 unspecified atom stereocenters. The lowest BCUT2D eigenvalue weighted by Crippen LogP contribution is -2.38. The van der Waals surface area contributed by atoms with Gasteiger partial charge in [-0.25, -0.2) is 0 Å². The molecular formula is C22H23N3O2. The van der Waals surface area contributed by atoms with E-state index in [9.17, 15) is 9.90 Å². The highest BCUT2D eigenvalue weighted by Gasteiger charge is 2.26. The van der Waals surface area contributed by atoms with Crippen molar-refractivity contribution in [3.8, 4) is 5.75 Å². The molecule has 0 radical (unpaired) electrons. The first-order valence-corrected chi connectivity index (χ1v) is 9.31. The molecule has 1 saturated heterocycles. The SMILES string of the molecule is Cc1ccc2nccc(N3CCC(C(=O)Nc4ccccc4O)CC3)c2c1. The van der Waals surface area contributed by atoms with Crippen LogP contribution >= 0.6 is 0 Å². The molecule has 1 aliphatic heterocycles. The molecule has 1 fully saturated rings. The largest absolute Gasteiger partial charge is 0.506 e. The zero-order valence-corrected chi connectivity index (χ0v) is 15.4. The number of phenolic OH excluding ortho intramolecular Hbond substituents is 1. The first kappa shape index (κ1) is 17.3. The number of rotatable bonds is 3. The molecule has 2 heterocycles. The zero-order valence-electron chi connectivity index (χ0n) is 15.4. The minimum atomic E-state index is -0.0457. The van der Waals surface area contributed by atoms with Gasteiger partial charge < -0.3 is 15.3 Å². The van der Waals surface area contributed by atoms with E-state index in [-0.39, 0.29) is 17.6 Å². The van der Waals surface area contributed by atoms with Crippen molar-refractivity contribution in [3.05, 3.63) is 60.3 Å². The van der Waals surface area contributed by atoms with Gasteiger partial charge in [-0.3, -0.25) is 9.78 Å². The molecule has 0 aliphatic carbocycles. The van der Waals surface area contributed by atoms with E-state index in [2.05, 4.69) is 46.4 Å². The fraction of sp³-hybridized carbons (Fsp3) is 0.273. The van der Waals surface area contributed by atoms with Crippen molar-refractivity contribution in [1.29, 1.82) is 0 Å². The molecule has 0 saturated carbocycles. The highest BCUT2D eigenvalue weighted by molar-refractivity contribution is 5.95. The minimum Gasteiger partial charge on any atom is -0.506 e. The second-order valence-electron chi connectivity index (χ2n) is 7.12. The summed E-state index contributed by atoms with van der Waals surface area (Å²) in [5.74, 6) is 0.0317. The maximum Gasteiger partial charge on any atom is 0.227 e. The number of hydrogen-bond donors (Lipinski definition) is 2. The number of piperidine rings is 1. The number of nitrogens with zero attached hydrogens (tertiary/aromatic N) is 2. The van der Waals surface area contributed by atoms with Crippen LogP contribution < -0.4 is 10.2 Å². The van der Waals surface area contributed by atoms with Crippen LogP contribution in [-0.2, 0) is 4.79 Å². The van der Waals surface area contributed by atoms with Gasteiger partial charge in [0.25, 0.3) is 0 Å². The summed E-state index contributed by atoms with van der Waals surface area (Å²) in [5, 5.41) is 13.9. The molecular weight excluding hydrogens is 338 g/mol. The molecule has 3 aromatic rings. The van der Waals surface area contributed by atoms with Crippen LogP contribution in [0.25, 0.3) is 10.9 Å². The number of carbonyl (C=O) groups is 1. The van der Waals surface area contributed by atoms with Gasteiger partial charge in [0.15, 0.2) is 0 Å². The molecule has 0 atom stereocenters. The summed E-state index contributed by atoms with van der Waals surface area (Å²) >= 11 is 0. The standard InChI is InChI=1S/C22H23N3O2/c1-15-6-7-18-17(14-15)20(8-11-23-18)25-12-9-16(10-13-25)22(27)24-19-4-2-3-5-21(19)26/h2-8,11,14,16,26H,9-10,12-13H2,1H3,(H,24,27). The van der Waals surface area contributed by atoms with Crippen LogP contribution in [0.4, 0.5) is 11.4 Å². The molecule has 5 nitrogen and oxygen atoms in total. The van der Waals surface area contributed by atoms with Gasteiger partial charge in [-0.15, -0.1) is 0 Å². The summed E-state index contributed by atoms with van der Waals surface area (Å²) in [6.45, 7) is 3.74. The maximum absolute atomic E-state index is 12.6. The maximum atomic E-state index is 12.6. The Bertz CT molecular complexity index is 978. The van der Waals surface area contributed by atoms with E-state index < -0.39 is 0 Å². The Morgan fingerprint density at radius 1 is 1.15 bits per heavy atom. The molecule has 0 spiro atoms. The van der Waals surface area contributed by atoms with E-state index in [4.69, 9.17) is 0 Å². The number of amides is 1. The van der Waals surface area contributed by atoms with Gasteiger partial charge in [0.05, 0.1) is 11.2 Å². The third kappa shape index (κ3) is 3.58. The van der Waals surface area contributed by atoms with Crippen molar-refractivity contribution in [1.82, 2.24) is 4.98 Å². The monoisotopic (exact) mass is 361 g/mol. The van der Waals surface area contributed by atoms with Crippen LogP contribution in [0, 0.1) is 12.8 Å². The predicted octanol–water partition coefficient (Wildman–Crippen LogP) is 4.10. The quantitative estimate of drug-likeness (QED) is 0.689. The Hall–Kier alpha value is -3.08. The van der Waals surface area contributed by atoms with E-state index in [1.54, 1.807) is 24.3 Å². The van der Waals surface area contributed by atoms with Crippen molar-refractivity contribution in [3.63, 3.8) is 0 Å². The van der Waals surface area contributed by atoms with E-state index in [0.29, 0.717) is 5.69 Å². The van der Waals surface area contributed by atoms with Gasteiger partial charge in [0.2, 0.25) is 5.91 Å². The summed E-state index contributed by atoms with van der Waals surface area (Å²) in [5.41, 5.74) is 3.87. The average molecular weight is 361 g/mol. The smallest absolute Gasteiger partial charge is 0.227 e. The Labute approximate surface area is 158 Å². The van der Waals surface area contributed by atoms with Crippen molar-refractivity contribution >= 4 is 28.2 Å². The minimum absolute atomic E-state index is 0.0217. The number of benzene rings is 2. The van der Waals surface area contributed by atoms with Crippen LogP contribution in [-0.4, -0.2) is 29.1 Å². The topological polar surface area (TPSA) is 65.5 Å². The molecule has 0 bridgehead atoms. The van der Waals surface area contributed by atoms with E-state index in [1.165, 1.54) is 11.3 Å². The number of carbonyl (C=O) groups excluding carboxylic acids is 1. The predicted molar refractivity (Wildman–Crippen MR) is 108 cm³/mol. The van der Waals surface area contributed by atoms with E-state index in [0.717, 1.165) is 36.8 Å². The summed E-state index contributed by atoms with van der Waals surface area (Å²) in [6, 6.07) is 15.2. The molecule has 1 aliphatic rings. The van der Waals surface area contributed by atoms with Gasteiger partial charge in [0, 0.05) is 36.3 Å². The highest BCUT2D eigenvalue weighted by Crippen LogP contribution is 2.31. The Kier molecular flexibility index (Phi) is 4.67. The number of anilines is 2. The average Bonchev–Trinajstić information content (AvgIpc) is 2.69. The Balaban J connectivity index is 1.46. The molecule has 5 heteroatoms. The Morgan fingerprint density at radius 3 is 2.70 bits per heavy atom. The third-order valence-electron chi connectivity index (χ3n) is 5.24. The number of aryl methyl sites for hydroxylation is 1. The van der Waals surface area contributed by atoms with Crippen LogP contribution in [0.5, 0.6) is 5.75 Å². The number of para-hydroxylation sites is 2. The first-order chi connectivity index (χ1) is 13.1. The number of nitrogens with one attached hydrogen (secondary N) is 1. The first-order valence-electron chi connectivity index (χ1n) is 9.31. The summed E-state index contributed by atoms with van der Waals surface area (Å²) in [7, 11) is 0. The van der Waals surface area contributed by atoms with Gasteiger partial charge in [-0.05, 0) is 50.1 Å². The normalized spacial score (nSPS) is 15.1. The van der Waals surface area contributed by atoms with Crippen molar-refractivity contribution in [2.24, 2.45) is 5.92 Å². The van der Waals surface area contributed by atoms with Crippen LogP contribution in [0.1, 0.15) is 18.4 Å². The Morgan fingerprint density at radius 2 is 1.93 bits per heavy atom. The molecule has 2 aromatic carbocycles. The van der Waals surface area contributed by atoms with Crippen LogP contribution in [0.15, 0.2) is 54.7 Å². The van der Waals surface area contributed by atoms with Crippen molar-refractivity contribution < 1.29 is 9.90 Å². The van der Waals surface area contributed by atoms with Gasteiger partial charge in [-0.2, -0.15) is 0 Å². The van der Waals surface area contributed by atoms with E-state index in [1.807, 2.05) is 6.20 Å². The zero-order chi connectivity index (χ0) is 18.8. The summed E-state index contributed by atoms with van der Waals surface area (Å²) in [6.07, 6.45) is 3.42. The van der Waals surface area contributed by atoms with Crippen molar-refractivity contribution in [2.75, 3.05) is 23.3 Å². The molecule has 1 aromatic heterocycles. The molecule has 1 amide bonds. The van der Waals surface area contributed by atoms with E-state index >= 15 is 0 Å². The number of aromatic hydroxyl groups is 1. The number of aromatic nitrogens is 1. The van der Waals surface area contributed by atoms with Gasteiger partial charge in [0.1, 0.15) is 5.75 Å². The second-order valence-corrected chi connectivity index (χ2v) is 7.12. The highest BCUT2D eigenvalue weighted by atomic mass is 16.3. The van der Waals surface area contributed by atoms with Gasteiger partial charge >= 0.3 is 0 Å². The number of phenols is 1.